The number of rotatable bonds is 7. The first-order valence-corrected chi connectivity index (χ1v) is 9.69. The van der Waals surface area contributed by atoms with Crippen LogP contribution in [0.5, 0.6) is 5.75 Å². The molecule has 0 aliphatic heterocycles. The van der Waals surface area contributed by atoms with Crippen molar-refractivity contribution in [3.05, 3.63) is 90.0 Å². The summed E-state index contributed by atoms with van der Waals surface area (Å²) in [6.07, 6.45) is 0. The second-order valence-corrected chi connectivity index (χ2v) is 6.78. The number of benzene rings is 3. The van der Waals surface area contributed by atoms with E-state index in [0.717, 1.165) is 0 Å². The molecule has 0 heterocycles. The molecule has 0 saturated heterocycles. The van der Waals surface area contributed by atoms with Crippen LogP contribution in [-0.4, -0.2) is 30.9 Å². The molecule has 3 rings (SSSR count). The van der Waals surface area contributed by atoms with Crippen molar-refractivity contribution < 1.29 is 19.1 Å². The Morgan fingerprint density at radius 1 is 0.774 bits per heavy atom. The molecule has 0 spiro atoms. The van der Waals surface area contributed by atoms with Gasteiger partial charge in [-0.2, -0.15) is 0 Å². The fraction of sp³-hybridized carbons (Fsp3) is 0.125. The molecule has 158 valence electrons. The van der Waals surface area contributed by atoms with E-state index < -0.39 is 11.9 Å². The Bertz CT molecular complexity index is 1070. The molecular weight excluding hydrogens is 394 g/mol. The van der Waals surface area contributed by atoms with Crippen LogP contribution in [-0.2, 0) is 4.79 Å². The number of carbonyl (C=O) groups excluding carboxylic acids is 3. The molecule has 0 bridgehead atoms. The molecule has 0 radical (unpaired) electrons. The van der Waals surface area contributed by atoms with Gasteiger partial charge in [-0.05, 0) is 55.5 Å². The number of para-hydroxylation sites is 1. The molecule has 0 unspecified atom stereocenters. The molecule has 3 aromatic rings. The lowest BCUT2D eigenvalue weighted by Crippen LogP contribution is -2.41. The number of hydrogen-bond acceptors (Lipinski definition) is 4. The summed E-state index contributed by atoms with van der Waals surface area (Å²) in [7, 11) is 1.56. The van der Waals surface area contributed by atoms with Gasteiger partial charge in [0.25, 0.3) is 11.8 Å². The van der Waals surface area contributed by atoms with Crippen molar-refractivity contribution in [1.29, 1.82) is 0 Å². The van der Waals surface area contributed by atoms with Gasteiger partial charge in [-0.15, -0.1) is 0 Å². The molecule has 3 amide bonds. The Kier molecular flexibility index (Phi) is 7.01. The Labute approximate surface area is 180 Å². The highest BCUT2D eigenvalue weighted by Crippen LogP contribution is 2.17. The van der Waals surface area contributed by atoms with Gasteiger partial charge >= 0.3 is 0 Å². The van der Waals surface area contributed by atoms with Crippen LogP contribution in [0.4, 0.5) is 11.4 Å². The second-order valence-electron chi connectivity index (χ2n) is 6.78. The smallest absolute Gasteiger partial charge is 0.255 e. The highest BCUT2D eigenvalue weighted by atomic mass is 16.5. The summed E-state index contributed by atoms with van der Waals surface area (Å²) >= 11 is 0. The van der Waals surface area contributed by atoms with Crippen molar-refractivity contribution >= 4 is 29.1 Å². The predicted octanol–water partition coefficient (Wildman–Crippen LogP) is 3.70. The minimum atomic E-state index is -0.799. The summed E-state index contributed by atoms with van der Waals surface area (Å²) in [6, 6.07) is 21.4. The van der Waals surface area contributed by atoms with Crippen LogP contribution in [0.2, 0.25) is 0 Å². The van der Waals surface area contributed by atoms with Crippen LogP contribution in [0.3, 0.4) is 0 Å². The monoisotopic (exact) mass is 417 g/mol. The first kappa shape index (κ1) is 21.6. The molecule has 0 aromatic heterocycles. The summed E-state index contributed by atoms with van der Waals surface area (Å²) in [5, 5.41) is 8.15. The van der Waals surface area contributed by atoms with Crippen LogP contribution in [0.15, 0.2) is 78.9 Å². The second kappa shape index (κ2) is 10.1. The zero-order chi connectivity index (χ0) is 22.2. The summed E-state index contributed by atoms with van der Waals surface area (Å²) in [5.41, 5.74) is 1.68. The van der Waals surface area contributed by atoms with Crippen LogP contribution in [0.25, 0.3) is 0 Å². The minimum Gasteiger partial charge on any atom is -0.497 e. The summed E-state index contributed by atoms with van der Waals surface area (Å²) in [5.74, 6) is -0.495. The quantitative estimate of drug-likeness (QED) is 0.546. The fourth-order valence-corrected chi connectivity index (χ4v) is 2.84. The molecule has 3 aromatic carbocycles. The van der Waals surface area contributed by atoms with Gasteiger partial charge in [0.1, 0.15) is 11.8 Å². The fourth-order valence-electron chi connectivity index (χ4n) is 2.84. The van der Waals surface area contributed by atoms with Gasteiger partial charge in [0.15, 0.2) is 0 Å². The van der Waals surface area contributed by atoms with E-state index in [1.807, 2.05) is 6.07 Å². The Hall–Kier alpha value is -4.13. The Morgan fingerprint density at radius 2 is 1.42 bits per heavy atom. The largest absolute Gasteiger partial charge is 0.497 e. The minimum absolute atomic E-state index is 0.260. The summed E-state index contributed by atoms with van der Waals surface area (Å²) < 4.78 is 5.09. The first-order valence-electron chi connectivity index (χ1n) is 9.69. The van der Waals surface area contributed by atoms with Gasteiger partial charge in [-0.25, -0.2) is 0 Å². The molecule has 0 saturated carbocycles. The first-order chi connectivity index (χ1) is 15.0. The topological polar surface area (TPSA) is 96.5 Å². The number of nitrogens with one attached hydrogen (secondary N) is 3. The van der Waals surface area contributed by atoms with Crippen LogP contribution < -0.4 is 20.7 Å². The molecule has 7 nitrogen and oxygen atoms in total. The van der Waals surface area contributed by atoms with E-state index in [1.165, 1.54) is 0 Å². The zero-order valence-electron chi connectivity index (χ0n) is 17.2. The number of amides is 3. The Morgan fingerprint density at radius 3 is 2.10 bits per heavy atom. The third-order valence-corrected chi connectivity index (χ3v) is 4.55. The average molecular weight is 417 g/mol. The van der Waals surface area contributed by atoms with E-state index in [2.05, 4.69) is 16.0 Å². The van der Waals surface area contributed by atoms with Gasteiger partial charge < -0.3 is 20.7 Å². The van der Waals surface area contributed by atoms with E-state index >= 15 is 0 Å². The number of carbonyl (C=O) groups is 3. The van der Waals surface area contributed by atoms with Crippen molar-refractivity contribution in [1.82, 2.24) is 5.32 Å². The highest BCUT2D eigenvalue weighted by Gasteiger charge is 2.19. The molecule has 31 heavy (non-hydrogen) atoms. The lowest BCUT2D eigenvalue weighted by atomic mass is 10.1. The standard InChI is InChI=1S/C24H23N3O4/c1-16(22(28)26-18-12-14-19(31-2)15-13-18)25-24(30)20-10-6-7-11-21(20)27-23(29)17-8-4-3-5-9-17/h3-16H,1-2H3,(H,25,30)(H,26,28)(H,27,29)/t16-/m0/s1. The maximum Gasteiger partial charge on any atom is 0.255 e. The van der Waals surface area contributed by atoms with Crippen molar-refractivity contribution in [3.8, 4) is 5.75 Å². The third-order valence-electron chi connectivity index (χ3n) is 4.55. The maximum atomic E-state index is 12.8. The maximum absolute atomic E-state index is 12.8. The van der Waals surface area contributed by atoms with Gasteiger partial charge in [-0.1, -0.05) is 30.3 Å². The molecular formula is C24H23N3O4. The zero-order valence-corrected chi connectivity index (χ0v) is 17.2. The SMILES string of the molecule is COc1ccc(NC(=O)[C@H](C)NC(=O)c2ccccc2NC(=O)c2ccccc2)cc1. The molecule has 0 aliphatic rings. The van der Waals surface area contributed by atoms with Gasteiger partial charge in [0.2, 0.25) is 5.91 Å². The lowest BCUT2D eigenvalue weighted by Gasteiger charge is -2.16. The van der Waals surface area contributed by atoms with Gasteiger partial charge in [-0.3, -0.25) is 14.4 Å². The summed E-state index contributed by atoms with van der Waals surface area (Å²) in [6.45, 7) is 1.59. The third kappa shape index (κ3) is 5.70. The average Bonchev–Trinajstić information content (AvgIpc) is 2.80. The van der Waals surface area contributed by atoms with Crippen LogP contribution in [0, 0.1) is 0 Å². The van der Waals surface area contributed by atoms with Crippen molar-refractivity contribution in [2.45, 2.75) is 13.0 Å². The molecule has 0 aliphatic carbocycles. The lowest BCUT2D eigenvalue weighted by molar-refractivity contribution is -0.117. The van der Waals surface area contributed by atoms with Crippen molar-refractivity contribution in [2.24, 2.45) is 0 Å². The highest BCUT2D eigenvalue weighted by molar-refractivity contribution is 6.09. The molecule has 1 atom stereocenters. The number of methoxy groups -OCH3 is 1. The van der Waals surface area contributed by atoms with Crippen LogP contribution in [0.1, 0.15) is 27.6 Å². The van der Waals surface area contributed by atoms with E-state index in [4.69, 9.17) is 4.74 Å². The van der Waals surface area contributed by atoms with E-state index in [9.17, 15) is 14.4 Å². The van der Waals surface area contributed by atoms with E-state index in [0.29, 0.717) is 22.7 Å². The number of hydrogen-bond donors (Lipinski definition) is 3. The van der Waals surface area contributed by atoms with E-state index in [-0.39, 0.29) is 17.4 Å². The van der Waals surface area contributed by atoms with Gasteiger partial charge in [0, 0.05) is 11.3 Å². The molecule has 7 heteroatoms. The van der Waals surface area contributed by atoms with Crippen molar-refractivity contribution in [2.75, 3.05) is 17.7 Å². The summed E-state index contributed by atoms with van der Waals surface area (Å²) in [4.78, 5) is 37.7. The number of ether oxygens (including phenoxy) is 1. The number of anilines is 2. The Balaban J connectivity index is 1.65. The van der Waals surface area contributed by atoms with Crippen molar-refractivity contribution in [3.63, 3.8) is 0 Å². The van der Waals surface area contributed by atoms with Gasteiger partial charge in [0.05, 0.1) is 18.4 Å². The molecule has 0 fully saturated rings. The predicted molar refractivity (Wildman–Crippen MR) is 119 cm³/mol. The molecule has 3 N–H and O–H groups in total. The van der Waals surface area contributed by atoms with E-state index in [1.54, 1.807) is 86.8 Å². The normalized spacial score (nSPS) is 11.2. The van der Waals surface area contributed by atoms with Crippen LogP contribution >= 0.6 is 0 Å².